The van der Waals surface area contributed by atoms with Crippen molar-refractivity contribution in [3.8, 4) is 0 Å². The van der Waals surface area contributed by atoms with Crippen LogP contribution < -0.4 is 0 Å². The minimum absolute atomic E-state index is 0.143. The van der Waals surface area contributed by atoms with Crippen LogP contribution in [0.4, 0.5) is 0 Å². The van der Waals surface area contributed by atoms with Crippen LogP contribution in [0.15, 0.2) is 30.3 Å². The SMILES string of the molecule is C[C@H]1[C@H]2OC(C)(C)O[C@H]2[C@@H](C(C)(C)C)[N+]1([O-])Cc1ccccc1. The molecule has 4 nitrogen and oxygen atoms in total. The first-order valence-electron chi connectivity index (χ1n) is 8.53. The van der Waals surface area contributed by atoms with Gasteiger partial charge in [0.2, 0.25) is 0 Å². The van der Waals surface area contributed by atoms with Gasteiger partial charge in [0.05, 0.1) is 0 Å². The van der Waals surface area contributed by atoms with Crippen molar-refractivity contribution in [2.45, 2.75) is 78.2 Å². The molecule has 0 saturated carbocycles. The maximum Gasteiger partial charge on any atom is 0.164 e. The molecule has 1 unspecified atom stereocenters. The summed E-state index contributed by atoms with van der Waals surface area (Å²) in [4.78, 5) is 0. The van der Waals surface area contributed by atoms with Gasteiger partial charge >= 0.3 is 0 Å². The smallest absolute Gasteiger partial charge is 0.164 e. The summed E-state index contributed by atoms with van der Waals surface area (Å²) in [5.41, 5.74) is 0.913. The van der Waals surface area contributed by atoms with E-state index < -0.39 is 5.79 Å². The lowest BCUT2D eigenvalue weighted by Gasteiger charge is -2.53. The average molecular weight is 319 g/mol. The molecule has 128 valence electrons. The maximum atomic E-state index is 14.0. The van der Waals surface area contributed by atoms with E-state index in [-0.39, 0.29) is 34.4 Å². The lowest BCUT2D eigenvalue weighted by atomic mass is 9.83. The van der Waals surface area contributed by atoms with Crippen molar-refractivity contribution in [3.05, 3.63) is 41.1 Å². The molecule has 5 atom stereocenters. The number of fused-ring (bicyclic) bond motifs is 1. The first-order chi connectivity index (χ1) is 10.5. The monoisotopic (exact) mass is 319 g/mol. The summed E-state index contributed by atoms with van der Waals surface area (Å²) in [6.45, 7) is 12.8. The van der Waals surface area contributed by atoms with E-state index in [4.69, 9.17) is 9.47 Å². The van der Waals surface area contributed by atoms with Crippen LogP contribution in [0.5, 0.6) is 0 Å². The van der Waals surface area contributed by atoms with Crippen molar-refractivity contribution in [1.82, 2.24) is 0 Å². The molecule has 2 aliphatic heterocycles. The van der Waals surface area contributed by atoms with Crippen LogP contribution in [-0.2, 0) is 16.0 Å². The van der Waals surface area contributed by atoms with Crippen LogP contribution in [-0.4, -0.2) is 34.7 Å². The number of hydrogen-bond acceptors (Lipinski definition) is 3. The van der Waals surface area contributed by atoms with E-state index in [1.54, 1.807) is 0 Å². The Morgan fingerprint density at radius 1 is 1.09 bits per heavy atom. The second kappa shape index (κ2) is 5.28. The predicted molar refractivity (Wildman–Crippen MR) is 90.3 cm³/mol. The number of ether oxygens (including phenoxy) is 2. The third-order valence-electron chi connectivity index (χ3n) is 5.27. The summed E-state index contributed by atoms with van der Waals surface area (Å²) in [5, 5.41) is 14.0. The second-order valence-corrected chi connectivity index (χ2v) is 8.61. The Balaban J connectivity index is 1.98. The molecule has 0 aliphatic carbocycles. The highest BCUT2D eigenvalue weighted by Crippen LogP contribution is 2.50. The van der Waals surface area contributed by atoms with Gasteiger partial charge in [0.15, 0.2) is 5.79 Å². The summed E-state index contributed by atoms with van der Waals surface area (Å²) in [5.74, 6) is -0.606. The van der Waals surface area contributed by atoms with E-state index >= 15 is 0 Å². The highest BCUT2D eigenvalue weighted by Gasteiger charge is 2.65. The van der Waals surface area contributed by atoms with Gasteiger partial charge in [-0.2, -0.15) is 0 Å². The van der Waals surface area contributed by atoms with Crippen molar-refractivity contribution in [1.29, 1.82) is 0 Å². The highest BCUT2D eigenvalue weighted by atomic mass is 16.8. The van der Waals surface area contributed by atoms with Gasteiger partial charge in [0.25, 0.3) is 0 Å². The van der Waals surface area contributed by atoms with Gasteiger partial charge in [-0.15, -0.1) is 0 Å². The third kappa shape index (κ3) is 2.82. The zero-order chi connectivity index (χ0) is 17.0. The molecular formula is C19H29NO3. The molecule has 0 N–H and O–H groups in total. The Bertz CT molecular complexity index is 566. The molecule has 2 heterocycles. The van der Waals surface area contributed by atoms with Crippen LogP contribution in [0.2, 0.25) is 0 Å². The topological polar surface area (TPSA) is 41.5 Å². The quantitative estimate of drug-likeness (QED) is 0.614. The molecule has 0 amide bonds. The molecule has 0 aromatic heterocycles. The van der Waals surface area contributed by atoms with Gasteiger partial charge in [0, 0.05) is 11.0 Å². The van der Waals surface area contributed by atoms with Gasteiger partial charge in [-0.25, -0.2) is 0 Å². The van der Waals surface area contributed by atoms with Crippen LogP contribution in [0.1, 0.15) is 47.1 Å². The largest absolute Gasteiger partial charge is 0.632 e. The number of likely N-dealkylation sites (tertiary alicyclic amines) is 1. The zero-order valence-corrected chi connectivity index (χ0v) is 15.1. The van der Waals surface area contributed by atoms with Crippen LogP contribution in [0, 0.1) is 10.6 Å². The first-order valence-corrected chi connectivity index (χ1v) is 8.53. The minimum Gasteiger partial charge on any atom is -0.632 e. The summed E-state index contributed by atoms with van der Waals surface area (Å²) in [7, 11) is 0. The van der Waals surface area contributed by atoms with Gasteiger partial charge < -0.3 is 19.3 Å². The standard InChI is InChI=1S/C19H29NO3/c1-13-15-16(23-19(5,6)22-15)17(18(2,3)4)20(13,21)12-14-10-8-7-9-11-14/h7-11,13,15-17H,12H2,1-6H3/t13-,15+,16+,17-,20?/m0/s1. The normalized spacial score (nSPS) is 39.4. The summed E-state index contributed by atoms with van der Waals surface area (Å²) < 4.78 is 12.0. The zero-order valence-electron chi connectivity index (χ0n) is 15.1. The lowest BCUT2D eigenvalue weighted by molar-refractivity contribution is -0.937. The molecular weight excluding hydrogens is 290 g/mol. The van der Waals surface area contributed by atoms with E-state index in [9.17, 15) is 5.21 Å². The Morgan fingerprint density at radius 3 is 2.22 bits per heavy atom. The summed E-state index contributed by atoms with van der Waals surface area (Å²) in [6, 6.07) is 9.73. The molecule has 0 radical (unpaired) electrons. The fourth-order valence-corrected chi connectivity index (χ4v) is 4.44. The van der Waals surface area contributed by atoms with Crippen LogP contribution >= 0.6 is 0 Å². The third-order valence-corrected chi connectivity index (χ3v) is 5.27. The molecule has 2 aliphatic rings. The molecule has 1 aromatic carbocycles. The van der Waals surface area contributed by atoms with E-state index in [1.165, 1.54) is 0 Å². The second-order valence-electron chi connectivity index (χ2n) is 8.61. The summed E-state index contributed by atoms with van der Waals surface area (Å²) in [6.07, 6.45) is -0.295. The van der Waals surface area contributed by atoms with Crippen molar-refractivity contribution < 1.29 is 14.1 Å². The Morgan fingerprint density at radius 2 is 1.65 bits per heavy atom. The van der Waals surface area contributed by atoms with Crippen LogP contribution in [0.3, 0.4) is 0 Å². The Labute approximate surface area is 139 Å². The number of benzene rings is 1. The number of quaternary nitrogens is 1. The van der Waals surface area contributed by atoms with Gasteiger partial charge in [-0.05, 0) is 20.8 Å². The first kappa shape index (κ1) is 16.9. The van der Waals surface area contributed by atoms with Crippen molar-refractivity contribution in [3.63, 3.8) is 0 Å². The molecule has 2 fully saturated rings. The Kier molecular flexibility index (Phi) is 3.88. The minimum atomic E-state index is -0.606. The van der Waals surface area contributed by atoms with Gasteiger partial charge in [-0.3, -0.25) is 0 Å². The van der Waals surface area contributed by atoms with E-state index in [0.29, 0.717) is 6.54 Å². The van der Waals surface area contributed by atoms with E-state index in [0.717, 1.165) is 5.56 Å². The maximum absolute atomic E-state index is 14.0. The summed E-state index contributed by atoms with van der Waals surface area (Å²) >= 11 is 0. The van der Waals surface area contributed by atoms with Crippen molar-refractivity contribution >= 4 is 0 Å². The number of hydroxylamine groups is 3. The number of hydrogen-bond donors (Lipinski definition) is 0. The molecule has 1 aromatic rings. The van der Waals surface area contributed by atoms with Gasteiger partial charge in [-0.1, -0.05) is 51.1 Å². The fourth-order valence-electron chi connectivity index (χ4n) is 4.44. The molecule has 2 saturated heterocycles. The molecule has 0 spiro atoms. The highest BCUT2D eigenvalue weighted by molar-refractivity contribution is 5.14. The van der Waals surface area contributed by atoms with E-state index in [1.807, 2.05) is 51.1 Å². The number of rotatable bonds is 2. The molecule has 23 heavy (non-hydrogen) atoms. The fraction of sp³-hybridized carbons (Fsp3) is 0.684. The number of nitrogens with zero attached hydrogens (tertiary/aromatic N) is 1. The van der Waals surface area contributed by atoms with E-state index in [2.05, 4.69) is 20.8 Å². The van der Waals surface area contributed by atoms with Gasteiger partial charge in [0.1, 0.15) is 30.8 Å². The average Bonchev–Trinajstić information content (AvgIpc) is 2.81. The lowest BCUT2D eigenvalue weighted by Crippen LogP contribution is -2.58. The van der Waals surface area contributed by atoms with Crippen molar-refractivity contribution in [2.75, 3.05) is 0 Å². The Hall–Kier alpha value is -0.940. The van der Waals surface area contributed by atoms with Crippen LogP contribution in [0.25, 0.3) is 0 Å². The molecule has 0 bridgehead atoms. The predicted octanol–water partition coefficient (Wildman–Crippen LogP) is 3.84. The van der Waals surface area contributed by atoms with Crippen molar-refractivity contribution in [2.24, 2.45) is 5.41 Å². The molecule has 3 rings (SSSR count). The molecule has 4 heteroatoms.